The second-order valence-electron chi connectivity index (χ2n) is 7.77. The largest absolute Gasteiger partial charge is 0.494 e. The maximum Gasteiger partial charge on any atom is 0.193 e. The maximum absolute atomic E-state index is 5.75. The summed E-state index contributed by atoms with van der Waals surface area (Å²) in [7, 11) is 0. The third kappa shape index (κ3) is 6.89. The van der Waals surface area contributed by atoms with E-state index in [0.717, 1.165) is 63.8 Å². The van der Waals surface area contributed by atoms with Crippen molar-refractivity contribution < 1.29 is 4.74 Å². The second kappa shape index (κ2) is 12.8. The number of likely N-dealkylation sites (tertiary alicyclic amines) is 1. The molecule has 0 saturated carbocycles. The summed E-state index contributed by atoms with van der Waals surface area (Å²) in [6.07, 6.45) is 8.96. The average Bonchev–Trinajstić information content (AvgIpc) is 3.27. The van der Waals surface area contributed by atoms with Crippen molar-refractivity contribution in [2.45, 2.75) is 46.1 Å². The maximum atomic E-state index is 5.75. The molecular formula is C23H36IN5O. The number of aromatic nitrogens is 2. The summed E-state index contributed by atoms with van der Waals surface area (Å²) in [5.74, 6) is 2.60. The molecule has 1 aliphatic heterocycles. The Morgan fingerprint density at radius 3 is 2.93 bits per heavy atom. The Bertz CT molecular complexity index is 765. The zero-order chi connectivity index (χ0) is 20.5. The SMILES string of the molecule is CCCOc1cccc(CCN=C(NCC)N2CCC(C)C(n3ccnc3)C2)c1.I. The Balaban J connectivity index is 0.00000320. The van der Waals surface area contributed by atoms with Crippen molar-refractivity contribution >= 4 is 29.9 Å². The van der Waals surface area contributed by atoms with E-state index in [-0.39, 0.29) is 24.0 Å². The second-order valence-corrected chi connectivity index (χ2v) is 7.77. The molecule has 1 saturated heterocycles. The number of nitrogens with zero attached hydrogens (tertiary/aromatic N) is 4. The number of imidazole rings is 1. The number of halogens is 1. The van der Waals surface area contributed by atoms with E-state index < -0.39 is 0 Å². The van der Waals surface area contributed by atoms with Gasteiger partial charge < -0.3 is 19.5 Å². The Morgan fingerprint density at radius 2 is 2.20 bits per heavy atom. The zero-order valence-corrected chi connectivity index (χ0v) is 20.8. The van der Waals surface area contributed by atoms with Crippen molar-refractivity contribution in [2.75, 3.05) is 32.8 Å². The molecule has 30 heavy (non-hydrogen) atoms. The number of benzene rings is 1. The molecule has 0 spiro atoms. The monoisotopic (exact) mass is 525 g/mol. The summed E-state index contributed by atoms with van der Waals surface area (Å²) in [5.41, 5.74) is 1.27. The van der Waals surface area contributed by atoms with Gasteiger partial charge in [0.15, 0.2) is 5.96 Å². The topological polar surface area (TPSA) is 54.7 Å². The molecule has 1 aliphatic rings. The van der Waals surface area contributed by atoms with Crippen molar-refractivity contribution in [1.29, 1.82) is 0 Å². The Kier molecular flexibility index (Phi) is 10.5. The lowest BCUT2D eigenvalue weighted by Crippen LogP contribution is -2.49. The van der Waals surface area contributed by atoms with Gasteiger partial charge in [-0.2, -0.15) is 0 Å². The van der Waals surface area contributed by atoms with Gasteiger partial charge in [-0.15, -0.1) is 24.0 Å². The van der Waals surface area contributed by atoms with Crippen LogP contribution in [0.5, 0.6) is 5.75 Å². The molecule has 6 nitrogen and oxygen atoms in total. The molecule has 0 aliphatic carbocycles. The molecule has 2 atom stereocenters. The summed E-state index contributed by atoms with van der Waals surface area (Å²) in [4.78, 5) is 11.6. The van der Waals surface area contributed by atoms with Crippen molar-refractivity contribution in [1.82, 2.24) is 19.8 Å². The van der Waals surface area contributed by atoms with Crippen LogP contribution in [0, 0.1) is 5.92 Å². The fraction of sp³-hybridized carbons (Fsp3) is 0.565. The Hall–Kier alpha value is -1.77. The smallest absolute Gasteiger partial charge is 0.193 e. The van der Waals surface area contributed by atoms with Crippen LogP contribution in [0.15, 0.2) is 48.0 Å². The standard InChI is InChI=1S/C23H35N5O.HI/c1-4-15-29-21-8-6-7-20(16-21)9-11-26-23(25-5-2)27-13-10-19(3)22(17-27)28-14-12-24-18-28;/h6-8,12,14,16,18-19,22H,4-5,9-11,13,15,17H2,1-3H3,(H,25,26);1H. The number of piperidine rings is 1. The summed E-state index contributed by atoms with van der Waals surface area (Å²) in [6, 6.07) is 8.81. The van der Waals surface area contributed by atoms with Gasteiger partial charge in [0.1, 0.15) is 5.75 Å². The third-order valence-electron chi connectivity index (χ3n) is 5.49. The third-order valence-corrected chi connectivity index (χ3v) is 5.49. The number of hydrogen-bond donors (Lipinski definition) is 1. The molecule has 0 amide bonds. The highest BCUT2D eigenvalue weighted by atomic mass is 127. The van der Waals surface area contributed by atoms with E-state index in [2.05, 4.69) is 64.9 Å². The molecule has 0 radical (unpaired) electrons. The number of guanidine groups is 1. The molecule has 2 aromatic rings. The van der Waals surface area contributed by atoms with Crippen LogP contribution in [0.1, 0.15) is 45.2 Å². The molecule has 2 heterocycles. The van der Waals surface area contributed by atoms with Gasteiger partial charge in [0.2, 0.25) is 0 Å². The molecule has 1 aromatic carbocycles. The first-order chi connectivity index (χ1) is 14.2. The van der Waals surface area contributed by atoms with E-state index in [4.69, 9.17) is 9.73 Å². The van der Waals surface area contributed by atoms with Crippen LogP contribution in [-0.2, 0) is 6.42 Å². The lowest BCUT2D eigenvalue weighted by molar-refractivity contribution is 0.189. The highest BCUT2D eigenvalue weighted by Gasteiger charge is 2.28. The number of nitrogens with one attached hydrogen (secondary N) is 1. The minimum absolute atomic E-state index is 0. The van der Waals surface area contributed by atoms with E-state index in [1.807, 2.05) is 18.6 Å². The predicted molar refractivity (Wildman–Crippen MR) is 134 cm³/mol. The summed E-state index contributed by atoms with van der Waals surface area (Å²) < 4.78 is 7.99. The van der Waals surface area contributed by atoms with Gasteiger partial charge in [-0.05, 0) is 49.8 Å². The number of aliphatic imine (C=N–C) groups is 1. The van der Waals surface area contributed by atoms with E-state index in [1.165, 1.54) is 5.56 Å². The van der Waals surface area contributed by atoms with Crippen molar-refractivity contribution in [3.8, 4) is 5.75 Å². The van der Waals surface area contributed by atoms with Crippen LogP contribution < -0.4 is 10.1 Å². The van der Waals surface area contributed by atoms with Gasteiger partial charge in [-0.25, -0.2) is 4.98 Å². The molecule has 3 rings (SSSR count). The summed E-state index contributed by atoms with van der Waals surface area (Å²) >= 11 is 0. The molecule has 2 unspecified atom stereocenters. The molecule has 7 heteroatoms. The van der Waals surface area contributed by atoms with E-state index >= 15 is 0 Å². The van der Waals surface area contributed by atoms with E-state index in [0.29, 0.717) is 12.0 Å². The molecule has 1 N–H and O–H groups in total. The van der Waals surface area contributed by atoms with Gasteiger partial charge in [-0.1, -0.05) is 26.0 Å². The van der Waals surface area contributed by atoms with Gasteiger partial charge in [0, 0.05) is 38.6 Å². The van der Waals surface area contributed by atoms with Gasteiger partial charge >= 0.3 is 0 Å². The van der Waals surface area contributed by atoms with Crippen LogP contribution in [0.4, 0.5) is 0 Å². The molecule has 1 aromatic heterocycles. The molecule has 1 fully saturated rings. The first-order valence-electron chi connectivity index (χ1n) is 10.9. The lowest BCUT2D eigenvalue weighted by Gasteiger charge is -2.39. The fourth-order valence-electron chi connectivity index (χ4n) is 3.82. The first kappa shape index (κ1) is 24.5. The fourth-order valence-corrected chi connectivity index (χ4v) is 3.82. The minimum atomic E-state index is 0. The highest BCUT2D eigenvalue weighted by Crippen LogP contribution is 2.27. The molecule has 0 bridgehead atoms. The van der Waals surface area contributed by atoms with Crippen molar-refractivity contribution in [3.63, 3.8) is 0 Å². The van der Waals surface area contributed by atoms with Crippen molar-refractivity contribution in [3.05, 3.63) is 48.5 Å². The van der Waals surface area contributed by atoms with Gasteiger partial charge in [0.25, 0.3) is 0 Å². The quantitative estimate of drug-likeness (QED) is 0.316. The van der Waals surface area contributed by atoms with Crippen LogP contribution >= 0.6 is 24.0 Å². The highest BCUT2D eigenvalue weighted by molar-refractivity contribution is 14.0. The van der Waals surface area contributed by atoms with Gasteiger partial charge in [0.05, 0.1) is 19.0 Å². The molecular weight excluding hydrogens is 489 g/mol. The summed E-state index contributed by atoms with van der Waals surface area (Å²) in [6.45, 7) is 11.0. The number of hydrogen-bond acceptors (Lipinski definition) is 3. The van der Waals surface area contributed by atoms with Crippen LogP contribution in [0.25, 0.3) is 0 Å². The van der Waals surface area contributed by atoms with Crippen LogP contribution in [0.2, 0.25) is 0 Å². The Labute approximate surface area is 198 Å². The number of ether oxygens (including phenoxy) is 1. The van der Waals surface area contributed by atoms with Crippen molar-refractivity contribution in [2.24, 2.45) is 10.9 Å². The average molecular weight is 525 g/mol. The molecule has 166 valence electrons. The minimum Gasteiger partial charge on any atom is -0.494 e. The van der Waals surface area contributed by atoms with E-state index in [1.54, 1.807) is 0 Å². The predicted octanol–water partition coefficient (Wildman–Crippen LogP) is 4.38. The lowest BCUT2D eigenvalue weighted by atomic mass is 9.93. The van der Waals surface area contributed by atoms with Gasteiger partial charge in [-0.3, -0.25) is 4.99 Å². The van der Waals surface area contributed by atoms with Crippen LogP contribution in [0.3, 0.4) is 0 Å². The Morgan fingerprint density at radius 1 is 1.33 bits per heavy atom. The van der Waals surface area contributed by atoms with Crippen LogP contribution in [-0.4, -0.2) is 53.2 Å². The number of rotatable bonds is 8. The zero-order valence-electron chi connectivity index (χ0n) is 18.5. The summed E-state index contributed by atoms with van der Waals surface area (Å²) in [5, 5.41) is 3.48. The van der Waals surface area contributed by atoms with E-state index in [9.17, 15) is 0 Å². The normalized spacial score (nSPS) is 19.3. The first-order valence-corrected chi connectivity index (χ1v) is 10.9.